The van der Waals surface area contributed by atoms with Crippen LogP contribution in [0.3, 0.4) is 0 Å². The number of nitrogens with zero attached hydrogens (tertiary/aromatic N) is 2. The Balaban J connectivity index is 1.41. The van der Waals surface area contributed by atoms with Crippen LogP contribution in [0, 0.1) is 41.9 Å². The van der Waals surface area contributed by atoms with Gasteiger partial charge in [0.1, 0.15) is 17.9 Å². The molecule has 9 atom stereocenters. The van der Waals surface area contributed by atoms with E-state index >= 15 is 0 Å². The topological polar surface area (TPSA) is 124 Å². The van der Waals surface area contributed by atoms with Gasteiger partial charge in [0, 0.05) is 41.2 Å². The minimum atomic E-state index is -0.887. The normalized spacial score (nSPS) is 28.3. The number of hydrogen-bond donors (Lipinski definition) is 4. The lowest BCUT2D eigenvalue weighted by Crippen LogP contribution is -2.62. The van der Waals surface area contributed by atoms with Crippen LogP contribution in [0.5, 0.6) is 5.75 Å². The fraction of sp³-hybridized carbons (Fsp3) is 0.659. The van der Waals surface area contributed by atoms with Gasteiger partial charge in [-0.1, -0.05) is 58.9 Å². The minimum absolute atomic E-state index is 0.0211. The van der Waals surface area contributed by atoms with Crippen LogP contribution in [0.2, 0.25) is 0 Å². The summed E-state index contributed by atoms with van der Waals surface area (Å²) in [7, 11) is 5.64. The zero-order valence-electron chi connectivity index (χ0n) is 32.4. The molecule has 1 aliphatic heterocycles. The van der Waals surface area contributed by atoms with E-state index in [0.717, 1.165) is 41.6 Å². The van der Waals surface area contributed by atoms with Crippen molar-refractivity contribution >= 4 is 11.8 Å². The molecular weight excluding hydrogens is 644 g/mol. The van der Waals surface area contributed by atoms with E-state index in [-0.39, 0.29) is 37.0 Å². The maximum Gasteiger partial charge on any atom is 0.251 e. The first-order valence-corrected chi connectivity index (χ1v) is 18.8. The molecular formula is C41H62N4O6. The van der Waals surface area contributed by atoms with E-state index in [0.29, 0.717) is 40.4 Å². The van der Waals surface area contributed by atoms with E-state index in [1.165, 1.54) is 6.42 Å². The van der Waals surface area contributed by atoms with E-state index in [1.807, 2.05) is 57.4 Å². The maximum atomic E-state index is 14.2. The van der Waals surface area contributed by atoms with Crippen molar-refractivity contribution in [2.45, 2.75) is 105 Å². The molecule has 6 rings (SSSR count). The molecule has 4 fully saturated rings. The summed E-state index contributed by atoms with van der Waals surface area (Å²) in [5.74, 6) is 1.60. The largest absolute Gasteiger partial charge is 0.496 e. The van der Waals surface area contributed by atoms with Crippen molar-refractivity contribution in [1.29, 1.82) is 0 Å². The van der Waals surface area contributed by atoms with Gasteiger partial charge in [0.05, 0.1) is 26.4 Å². The number of likely N-dealkylation sites (N-methyl/N-ethyl adjacent to an activating group) is 1. The smallest absolute Gasteiger partial charge is 0.251 e. The molecule has 2 aromatic rings. The van der Waals surface area contributed by atoms with E-state index in [2.05, 4.69) is 50.2 Å². The summed E-state index contributed by atoms with van der Waals surface area (Å²) < 4.78 is 6.06. The Morgan fingerprint density at radius 1 is 1.12 bits per heavy atom. The molecule has 282 valence electrons. The molecule has 0 aromatic heterocycles. The molecule has 1 saturated heterocycles. The summed E-state index contributed by atoms with van der Waals surface area (Å²) in [4.78, 5) is 36.1. The summed E-state index contributed by atoms with van der Waals surface area (Å²) >= 11 is 0. The summed E-state index contributed by atoms with van der Waals surface area (Å²) in [6.07, 6.45) is 1.40. The lowest BCUT2D eigenvalue weighted by atomic mass is 9.45. The van der Waals surface area contributed by atoms with Gasteiger partial charge in [-0.05, 0) is 99.6 Å². The number of methoxy groups -OCH3 is 1. The lowest BCUT2D eigenvalue weighted by Gasteiger charge is -2.62. The van der Waals surface area contributed by atoms with Gasteiger partial charge >= 0.3 is 0 Å². The zero-order chi connectivity index (χ0) is 37.4. The predicted molar refractivity (Wildman–Crippen MR) is 200 cm³/mol. The van der Waals surface area contributed by atoms with Crippen molar-refractivity contribution in [3.05, 3.63) is 53.1 Å². The van der Waals surface area contributed by atoms with Gasteiger partial charge in [-0.2, -0.15) is 5.06 Å². The molecule has 0 spiro atoms. The van der Waals surface area contributed by atoms with Gasteiger partial charge in [0.25, 0.3) is 5.91 Å². The summed E-state index contributed by atoms with van der Waals surface area (Å²) in [5.41, 5.74) is 4.31. The number of benzene rings is 2. The summed E-state index contributed by atoms with van der Waals surface area (Å²) in [6, 6.07) is 10.8. The quantitative estimate of drug-likeness (QED) is 0.216. The highest BCUT2D eigenvalue weighted by Crippen LogP contribution is 2.61. The van der Waals surface area contributed by atoms with Crippen LogP contribution >= 0.6 is 0 Å². The minimum Gasteiger partial charge on any atom is -0.496 e. The van der Waals surface area contributed by atoms with Gasteiger partial charge in [0.15, 0.2) is 0 Å². The molecule has 3 saturated carbocycles. The van der Waals surface area contributed by atoms with E-state index < -0.39 is 24.2 Å². The molecule has 1 heterocycles. The van der Waals surface area contributed by atoms with E-state index in [1.54, 1.807) is 19.1 Å². The average molecular weight is 707 g/mol. The maximum absolute atomic E-state index is 14.2. The number of nitrogens with one attached hydrogen (secondary N) is 2. The Hall–Kier alpha value is -3.02. The molecule has 2 aromatic carbocycles. The standard InChI is InChI=1S/C41H62N4O6/c1-23(2)16-30(21-44(8)9)42-39(48)27-15-14-24(3)32(17-27)31-13-11-12-28(38(31)50-10)20-45-37(36(26(5)47)35(22-46)51-45)40(49)43-34-19-29-18-33(25(34)4)41(29,6)7/h11-15,17,23,25-26,29-30,33-37,46-47H,16,18-22H2,1-10H3,(H,42,48)(H,43,49)/t25-,26-,29+,30-,33-,34-,35-,36+,37-/m0/s1. The highest BCUT2D eigenvalue weighted by Gasteiger charge is 2.57. The number of aryl methyl sites for hydroxylation is 1. The first-order chi connectivity index (χ1) is 24.1. The van der Waals surface area contributed by atoms with Crippen LogP contribution in [0.25, 0.3) is 11.1 Å². The first kappa shape index (κ1) is 39.2. The monoisotopic (exact) mass is 706 g/mol. The van der Waals surface area contributed by atoms with Crippen molar-refractivity contribution in [1.82, 2.24) is 20.6 Å². The number of para-hydroxylation sites is 1. The van der Waals surface area contributed by atoms with Crippen LogP contribution in [0.4, 0.5) is 0 Å². The van der Waals surface area contributed by atoms with Crippen LogP contribution < -0.4 is 15.4 Å². The number of hydroxylamine groups is 2. The fourth-order valence-electron chi connectivity index (χ4n) is 9.33. The second kappa shape index (κ2) is 15.9. The Labute approximate surface area is 305 Å². The van der Waals surface area contributed by atoms with Crippen molar-refractivity contribution in [2.75, 3.05) is 34.4 Å². The highest BCUT2D eigenvalue weighted by molar-refractivity contribution is 5.96. The second-order valence-electron chi connectivity index (χ2n) is 16.8. The SMILES string of the molecule is COc1c(CN2O[C@@H](CO)[C@@H]([C@H](C)O)[C@H]2C(=O)N[C@H]2C[C@H]3C[C@@H]([C@@H]2C)C3(C)C)cccc1-c1cc(C(=O)N[C@@H](CC(C)C)CN(C)C)ccc1C. The molecule has 10 heteroatoms. The number of amides is 2. The Kier molecular flexibility index (Phi) is 12.2. The van der Waals surface area contributed by atoms with Crippen LogP contribution in [-0.4, -0.2) is 96.7 Å². The third-order valence-corrected chi connectivity index (χ3v) is 12.2. The lowest BCUT2D eigenvalue weighted by molar-refractivity contribution is -0.183. The van der Waals surface area contributed by atoms with Gasteiger partial charge < -0.3 is 30.5 Å². The van der Waals surface area contributed by atoms with E-state index in [4.69, 9.17) is 9.57 Å². The summed E-state index contributed by atoms with van der Waals surface area (Å²) in [6.45, 7) is 15.5. The van der Waals surface area contributed by atoms with Gasteiger partial charge in [-0.3, -0.25) is 14.4 Å². The van der Waals surface area contributed by atoms with Crippen LogP contribution in [0.1, 0.15) is 82.3 Å². The molecule has 4 N–H and O–H groups in total. The predicted octanol–water partition coefficient (Wildman–Crippen LogP) is 5.04. The number of carbonyl (C=O) groups excluding carboxylic acids is 2. The summed E-state index contributed by atoms with van der Waals surface area (Å²) in [5, 5.41) is 29.4. The number of aliphatic hydroxyl groups excluding tert-OH is 2. The third kappa shape index (κ3) is 8.15. The van der Waals surface area contributed by atoms with Gasteiger partial charge in [-0.15, -0.1) is 0 Å². The Morgan fingerprint density at radius 3 is 2.43 bits per heavy atom. The molecule has 0 radical (unpaired) electrons. The molecule has 0 unspecified atom stereocenters. The number of aliphatic hydroxyl groups is 2. The number of hydrogen-bond acceptors (Lipinski definition) is 8. The average Bonchev–Trinajstić information content (AvgIpc) is 3.43. The first-order valence-electron chi connectivity index (χ1n) is 18.8. The third-order valence-electron chi connectivity index (χ3n) is 12.2. The zero-order valence-corrected chi connectivity index (χ0v) is 32.4. The van der Waals surface area contributed by atoms with Gasteiger partial charge in [0.2, 0.25) is 5.91 Å². The molecule has 3 aliphatic carbocycles. The van der Waals surface area contributed by atoms with Crippen molar-refractivity contribution in [3.63, 3.8) is 0 Å². The molecule has 10 nitrogen and oxygen atoms in total. The Morgan fingerprint density at radius 2 is 1.84 bits per heavy atom. The van der Waals surface area contributed by atoms with Crippen LogP contribution in [0.15, 0.2) is 36.4 Å². The molecule has 2 amide bonds. The number of ether oxygens (including phenoxy) is 1. The van der Waals surface area contributed by atoms with Crippen molar-refractivity contribution in [3.8, 4) is 16.9 Å². The molecule has 2 bridgehead atoms. The second-order valence-corrected chi connectivity index (χ2v) is 16.8. The fourth-order valence-corrected chi connectivity index (χ4v) is 9.33. The van der Waals surface area contributed by atoms with Gasteiger partial charge in [-0.25, -0.2) is 0 Å². The number of carbonyl (C=O) groups is 2. The van der Waals surface area contributed by atoms with E-state index in [9.17, 15) is 19.8 Å². The van der Waals surface area contributed by atoms with Crippen molar-refractivity contribution in [2.24, 2.45) is 35.0 Å². The number of fused-ring (bicyclic) bond motifs is 2. The highest BCUT2D eigenvalue weighted by atomic mass is 16.7. The molecule has 51 heavy (non-hydrogen) atoms. The van der Waals surface area contributed by atoms with Crippen LogP contribution in [-0.2, 0) is 16.2 Å². The molecule has 4 aliphatic rings. The van der Waals surface area contributed by atoms with Crippen molar-refractivity contribution < 1.29 is 29.4 Å². The number of rotatable bonds is 14. The Bertz CT molecular complexity index is 1530.